The van der Waals surface area contributed by atoms with Crippen LogP contribution < -0.4 is 46.6 Å². The molecule has 3 rings (SSSR count). The molecule has 6 N–H and O–H groups in total. The molecule has 0 aromatic carbocycles. The van der Waals surface area contributed by atoms with Gasteiger partial charge >= 0.3 is 0 Å². The van der Waals surface area contributed by atoms with Gasteiger partial charge in [0.2, 0.25) is 70.9 Å². The van der Waals surface area contributed by atoms with Gasteiger partial charge in [-0.3, -0.25) is 72.4 Å². The predicted molar refractivity (Wildman–Crippen MR) is 575 cm³/mol. The number of hydrogen-bond acceptors (Lipinski definition) is 15. The number of aromatic nitrogens is 3. The minimum atomic E-state index is 0.110. The third-order valence-electron chi connectivity index (χ3n) is 18.4. The summed E-state index contributed by atoms with van der Waals surface area (Å²) in [5.41, 5.74) is 1.74. The first-order chi connectivity index (χ1) is 63.5. The van der Waals surface area contributed by atoms with Crippen molar-refractivity contribution in [2.45, 2.75) is 369 Å². The summed E-state index contributed by atoms with van der Waals surface area (Å²) in [6.07, 6.45) is 28.8. The molecule has 0 fully saturated rings. The number of pyridine rings is 3. The van der Waals surface area contributed by atoms with Crippen LogP contribution in [0.25, 0.3) is 0 Å². The first kappa shape index (κ1) is 145. The second-order valence-corrected chi connectivity index (χ2v) is 39.5. The minimum absolute atomic E-state index is 0.110. The first-order valence-electron chi connectivity index (χ1n) is 51.3. The van der Waals surface area contributed by atoms with Gasteiger partial charge in [-0.05, 0) is 160 Å². The molecule has 3 aromatic heterocycles. The van der Waals surface area contributed by atoms with Crippen molar-refractivity contribution in [3.8, 4) is 0 Å². The van der Waals surface area contributed by atoms with Crippen molar-refractivity contribution >= 4 is 88.1 Å². The fourth-order valence-corrected chi connectivity index (χ4v) is 11.0. The molecule has 0 bridgehead atoms. The van der Waals surface area contributed by atoms with E-state index in [2.05, 4.69) is 151 Å². The Morgan fingerprint density at radius 3 is 0.926 bits per heavy atom. The van der Waals surface area contributed by atoms with Gasteiger partial charge in [-0.25, -0.2) is 4.98 Å². The van der Waals surface area contributed by atoms with Crippen LogP contribution in [0, 0.1) is 71.0 Å². The zero-order valence-electron chi connectivity index (χ0n) is 94.2. The SMILES string of the molecule is CC(C)CC(=O)N(C)C.CC(C)CC(=O)N(C)c1ccccn1.CC(C)CC(=O)N(C)c1cccnc1.CC(C)CC(=O)N(C)c1ccncc1.CCCCCCNC(=O)CC(C)C.CCCCCNC(=O)CC(C)C.CCCCNC(=O)CC(C)C.CCCN(C)C(=O)CC(C)C.CCCNC(=O)CC(C)C.CCN(CC)C(=O)CC(C)C.CCNC(=O)CC(C)C.CNC(=O)CC(C)C. The summed E-state index contributed by atoms with van der Waals surface area (Å²) in [5.74, 6) is 8.30. The van der Waals surface area contributed by atoms with Gasteiger partial charge in [0.05, 0.1) is 11.9 Å². The Labute approximate surface area is 832 Å². The summed E-state index contributed by atoms with van der Waals surface area (Å²) < 4.78 is 0. The van der Waals surface area contributed by atoms with Crippen LogP contribution in [-0.2, 0) is 57.5 Å². The Morgan fingerprint density at radius 1 is 0.287 bits per heavy atom. The first-order valence-corrected chi connectivity index (χ1v) is 51.3. The number of amides is 12. The molecule has 12 amide bonds. The largest absolute Gasteiger partial charge is 0.359 e. The van der Waals surface area contributed by atoms with E-state index >= 15 is 0 Å². The van der Waals surface area contributed by atoms with E-state index in [9.17, 15) is 57.5 Å². The lowest BCUT2D eigenvalue weighted by molar-refractivity contribution is -0.132. The Kier molecular flexibility index (Phi) is 104. The molecule has 0 aliphatic rings. The number of anilines is 3. The molecule has 3 aromatic rings. The van der Waals surface area contributed by atoms with Crippen molar-refractivity contribution in [3.63, 3.8) is 0 Å². The van der Waals surface area contributed by atoms with E-state index in [0.29, 0.717) is 154 Å². The van der Waals surface area contributed by atoms with E-state index in [-0.39, 0.29) is 70.9 Å². The molecule has 0 radical (unpaired) electrons. The molecule has 0 unspecified atom stereocenters. The van der Waals surface area contributed by atoms with Crippen LogP contribution in [0.15, 0.2) is 73.4 Å². The number of unbranched alkanes of at least 4 members (excludes halogenated alkanes) is 6. The molecule has 0 saturated heterocycles. The molecule has 0 saturated carbocycles. The lowest BCUT2D eigenvalue weighted by Gasteiger charge is -2.19. The Morgan fingerprint density at radius 2 is 0.618 bits per heavy atom. The normalized spacial score (nSPS) is 10.2. The number of hydrogen-bond donors (Lipinski definition) is 6. The van der Waals surface area contributed by atoms with Crippen LogP contribution in [0.2, 0.25) is 0 Å². The maximum Gasteiger partial charge on any atom is 0.228 e. The Bertz CT molecular complexity index is 3220. The molecule has 3 heterocycles. The summed E-state index contributed by atoms with van der Waals surface area (Å²) in [7, 11) is 12.4. The second-order valence-electron chi connectivity index (χ2n) is 39.5. The van der Waals surface area contributed by atoms with Crippen molar-refractivity contribution in [1.29, 1.82) is 0 Å². The lowest BCUT2D eigenvalue weighted by Crippen LogP contribution is -2.31. The van der Waals surface area contributed by atoms with Gasteiger partial charge in [0, 0.05) is 209 Å². The highest BCUT2D eigenvalue weighted by Crippen LogP contribution is 2.17. The number of nitrogens with zero attached hydrogens (tertiary/aromatic N) is 9. The smallest absolute Gasteiger partial charge is 0.228 e. The monoisotopic (exact) mass is 1920 g/mol. The van der Waals surface area contributed by atoms with Gasteiger partial charge in [-0.1, -0.05) is 245 Å². The van der Waals surface area contributed by atoms with Crippen LogP contribution in [0.3, 0.4) is 0 Å². The summed E-state index contributed by atoms with van der Waals surface area (Å²) in [4.78, 5) is 156. The quantitative estimate of drug-likeness (QED) is 0.0286. The fraction of sp³-hybridized carbons (Fsp3) is 0.752. The van der Waals surface area contributed by atoms with Crippen molar-refractivity contribution in [1.82, 2.24) is 61.6 Å². The summed E-state index contributed by atoms with van der Waals surface area (Å²) >= 11 is 0. The summed E-state index contributed by atoms with van der Waals surface area (Å²) in [6.45, 7) is 72.4. The van der Waals surface area contributed by atoms with Crippen LogP contribution in [0.5, 0.6) is 0 Å². The highest BCUT2D eigenvalue weighted by Gasteiger charge is 2.17. The topological polar surface area (TPSA) is 335 Å². The Balaban J connectivity index is -0.000000186. The second kappa shape index (κ2) is 97.7. The average Bonchev–Trinajstić information content (AvgIpc) is 0.893. The van der Waals surface area contributed by atoms with Crippen molar-refractivity contribution in [2.75, 3.05) is 116 Å². The van der Waals surface area contributed by atoms with E-state index in [4.69, 9.17) is 0 Å². The fourth-order valence-electron chi connectivity index (χ4n) is 11.0. The maximum atomic E-state index is 11.7. The third kappa shape index (κ3) is 109. The van der Waals surface area contributed by atoms with E-state index in [1.54, 1.807) is 97.8 Å². The van der Waals surface area contributed by atoms with Gasteiger partial charge in [-0.2, -0.15) is 0 Å². The van der Waals surface area contributed by atoms with Gasteiger partial charge < -0.3 is 56.4 Å². The van der Waals surface area contributed by atoms with Crippen molar-refractivity contribution in [2.24, 2.45) is 71.0 Å². The molecule has 136 heavy (non-hydrogen) atoms. The molecule has 27 heteroatoms. The van der Waals surface area contributed by atoms with Gasteiger partial charge in [0.15, 0.2) is 0 Å². The number of nitrogens with one attached hydrogen (secondary N) is 6. The zero-order chi connectivity index (χ0) is 107. The van der Waals surface area contributed by atoms with E-state index in [0.717, 1.165) is 102 Å². The van der Waals surface area contributed by atoms with Crippen molar-refractivity contribution < 1.29 is 57.5 Å². The predicted octanol–water partition coefficient (Wildman–Crippen LogP) is 21.7. The van der Waals surface area contributed by atoms with E-state index in [1.165, 1.54) is 32.1 Å². The molecular weight excluding hydrogens is 1710 g/mol. The number of rotatable bonds is 46. The van der Waals surface area contributed by atoms with Crippen LogP contribution in [0.4, 0.5) is 17.2 Å². The van der Waals surface area contributed by atoms with Gasteiger partial charge in [-0.15, -0.1) is 0 Å². The number of carbonyl (C=O) groups is 12. The van der Waals surface area contributed by atoms with E-state index in [1.807, 2.05) is 172 Å². The van der Waals surface area contributed by atoms with Crippen LogP contribution in [0.1, 0.15) is 369 Å². The average molecular weight is 1920 g/mol. The maximum absolute atomic E-state index is 11.7. The van der Waals surface area contributed by atoms with Gasteiger partial charge in [0.25, 0.3) is 0 Å². The van der Waals surface area contributed by atoms with Gasteiger partial charge in [0.1, 0.15) is 5.82 Å². The molecule has 0 aliphatic heterocycles. The number of carbonyl (C=O) groups excluding carboxylic acids is 12. The molecular formula is C109H209N15O12. The third-order valence-corrected chi connectivity index (χ3v) is 18.4. The molecule has 0 aliphatic carbocycles. The Hall–Kier alpha value is -8.91. The molecule has 792 valence electrons. The van der Waals surface area contributed by atoms with Crippen LogP contribution in [-0.4, -0.2) is 202 Å². The molecule has 0 spiro atoms. The summed E-state index contributed by atoms with van der Waals surface area (Å²) in [6, 6.07) is 12.9. The zero-order valence-corrected chi connectivity index (χ0v) is 94.2. The van der Waals surface area contributed by atoms with E-state index < -0.39 is 0 Å². The lowest BCUT2D eigenvalue weighted by atomic mass is 10.1. The summed E-state index contributed by atoms with van der Waals surface area (Å²) in [5, 5.41) is 16.8. The highest BCUT2D eigenvalue weighted by molar-refractivity contribution is 5.94. The van der Waals surface area contributed by atoms with Crippen molar-refractivity contribution in [3.05, 3.63) is 73.4 Å². The highest BCUT2D eigenvalue weighted by atomic mass is 16.2. The minimum Gasteiger partial charge on any atom is -0.359 e. The molecule has 0 atom stereocenters. The molecule has 27 nitrogen and oxygen atoms in total. The standard InChI is InChI=1S/3C11H16N2O.C11H23NO.C10H21NO.3C9H19NO.C8H17NO.2C7H15NO.C6H13NO/c1-9(2)8-11(14)13(3)10-4-6-12-7-5-10;1-9(2)7-11(14)13(3)10-5-4-6-12-8-10;1-9(2)8-11(14)13(3)10-6-4-5-7-12-10;1-4-5-6-7-8-12-11(13)9-10(2)3;1-4-5-6-7-11-10(12)8-9(2)3;1-5-6-10(4)9(11)7-8(2)3;1-5-10(6-2)9(11)7-8(3)4;1-4-5-6-10-9(11)7-8(2)3;1-4-5-9-8(10)6-7(2)3;1-6(2)5-7(9)8(3)4;1-4-8-7(9)5-6(2)3;1-5(2)4-6(8)7-3/h4-7,9H,8H2,1-3H3;4-6,8-9H,7H2,1-3H3;4-7,9H,8H2,1-3H3;10H,4-9H2,1-3H3,(H,12,13);9H,4-8H2,1-3H3,(H,11,12);2*8H,5-7H2,1-4H3;8H,4-7H2,1-3H3,(H,10,11);7H,4-6H2,1-3H3,(H,9,10);6H,5H2,1-4H3;6H,4-5H2,1-3H3,(H,8,9);5H,4H2,1-3H3,(H,7,8). The van der Waals surface area contributed by atoms with Crippen LogP contribution >= 0.6 is 0 Å².